The molecule has 0 fully saturated rings. The van der Waals surface area contributed by atoms with Gasteiger partial charge in [0.2, 0.25) is 5.91 Å². The molecule has 10 heteroatoms. The Morgan fingerprint density at radius 1 is 1.03 bits per heavy atom. The number of hydrogen-bond donors (Lipinski definition) is 2. The number of carbonyl (C=O) groups is 3. The van der Waals surface area contributed by atoms with Gasteiger partial charge in [-0.2, -0.15) is 13.2 Å². The lowest BCUT2D eigenvalue weighted by Gasteiger charge is -2.25. The summed E-state index contributed by atoms with van der Waals surface area (Å²) in [5.41, 5.74) is 6.92. The number of aromatic nitrogens is 1. The fraction of sp³-hybridized carbons (Fsp3) is 0.310. The van der Waals surface area contributed by atoms with E-state index in [1.807, 2.05) is 26.0 Å². The Balaban J connectivity index is 1.84. The Morgan fingerprint density at radius 2 is 1.74 bits per heavy atom. The minimum Gasteiger partial charge on any atom is -0.443 e. The van der Waals surface area contributed by atoms with Crippen LogP contribution in [-0.4, -0.2) is 28.4 Å². The Bertz CT molecular complexity index is 1400. The lowest BCUT2D eigenvalue weighted by Crippen LogP contribution is -2.33. The van der Waals surface area contributed by atoms with Crippen molar-refractivity contribution in [1.29, 1.82) is 0 Å². The van der Waals surface area contributed by atoms with Gasteiger partial charge in [0.1, 0.15) is 5.60 Å². The zero-order valence-corrected chi connectivity index (χ0v) is 22.1. The van der Waals surface area contributed by atoms with Crippen LogP contribution in [0.15, 0.2) is 54.7 Å². The van der Waals surface area contributed by atoms with Crippen LogP contribution in [0.2, 0.25) is 0 Å². The van der Waals surface area contributed by atoms with Gasteiger partial charge in [-0.25, -0.2) is 4.79 Å². The molecule has 206 valence electrons. The van der Waals surface area contributed by atoms with E-state index < -0.39 is 41.5 Å². The summed E-state index contributed by atoms with van der Waals surface area (Å²) >= 11 is 0. The van der Waals surface area contributed by atoms with Crippen molar-refractivity contribution < 1.29 is 32.3 Å². The van der Waals surface area contributed by atoms with Crippen LogP contribution in [0.1, 0.15) is 59.9 Å². The number of anilines is 1. The summed E-state index contributed by atoms with van der Waals surface area (Å²) in [6.45, 7) is 6.93. The molecule has 2 aromatic carbocycles. The Labute approximate surface area is 224 Å². The van der Waals surface area contributed by atoms with E-state index in [-0.39, 0.29) is 17.7 Å². The third kappa shape index (κ3) is 7.89. The number of nitrogens with two attached hydrogens (primary N) is 1. The van der Waals surface area contributed by atoms with Gasteiger partial charge in [-0.3, -0.25) is 14.6 Å². The van der Waals surface area contributed by atoms with E-state index in [2.05, 4.69) is 10.3 Å². The molecule has 3 aromatic rings. The van der Waals surface area contributed by atoms with Crippen molar-refractivity contribution >= 4 is 23.5 Å². The van der Waals surface area contributed by atoms with Crippen LogP contribution in [0.3, 0.4) is 0 Å². The molecule has 0 aliphatic heterocycles. The Morgan fingerprint density at radius 3 is 2.38 bits per heavy atom. The monoisotopic (exact) mass is 541 g/mol. The first-order valence-electron chi connectivity index (χ1n) is 12.3. The van der Waals surface area contributed by atoms with Crippen LogP contribution in [0, 0.1) is 6.92 Å². The van der Waals surface area contributed by atoms with E-state index in [0.717, 1.165) is 40.9 Å². The first kappa shape index (κ1) is 29.3. The lowest BCUT2D eigenvalue weighted by atomic mass is 9.95. The molecule has 0 radical (unpaired) electrons. The molecule has 0 aliphatic rings. The minimum absolute atomic E-state index is 0.0369. The fourth-order valence-corrected chi connectivity index (χ4v) is 4.23. The molecule has 0 saturated heterocycles. The average molecular weight is 542 g/mol. The van der Waals surface area contributed by atoms with E-state index >= 15 is 0 Å². The zero-order chi connectivity index (χ0) is 29.0. The van der Waals surface area contributed by atoms with Gasteiger partial charge in [0.15, 0.2) is 5.78 Å². The number of halogens is 3. The van der Waals surface area contributed by atoms with E-state index in [9.17, 15) is 27.6 Å². The van der Waals surface area contributed by atoms with Gasteiger partial charge >= 0.3 is 12.3 Å². The number of ketones is 1. The number of carbonyl (C=O) groups excluding carboxylic acids is 3. The van der Waals surface area contributed by atoms with Crippen molar-refractivity contribution in [3.8, 4) is 11.1 Å². The fourth-order valence-electron chi connectivity index (χ4n) is 4.23. The van der Waals surface area contributed by atoms with Gasteiger partial charge in [0, 0.05) is 29.6 Å². The van der Waals surface area contributed by atoms with E-state index in [1.54, 1.807) is 24.4 Å². The van der Waals surface area contributed by atoms with Crippen LogP contribution in [0.25, 0.3) is 11.1 Å². The van der Waals surface area contributed by atoms with Crippen molar-refractivity contribution in [3.63, 3.8) is 0 Å². The van der Waals surface area contributed by atoms with Crippen molar-refractivity contribution in [1.82, 2.24) is 4.98 Å². The highest BCUT2D eigenvalue weighted by atomic mass is 19.4. The van der Waals surface area contributed by atoms with E-state index in [1.165, 1.54) is 19.9 Å². The molecule has 0 spiro atoms. The number of alkyl halides is 3. The number of nitrogens with one attached hydrogen (secondary N) is 1. The van der Waals surface area contributed by atoms with Crippen LogP contribution < -0.4 is 11.1 Å². The van der Waals surface area contributed by atoms with Gasteiger partial charge in [-0.05, 0) is 73.7 Å². The highest BCUT2D eigenvalue weighted by Crippen LogP contribution is 2.34. The molecule has 1 aromatic heterocycles. The second-order valence-corrected chi connectivity index (χ2v) is 9.79. The summed E-state index contributed by atoms with van der Waals surface area (Å²) in [5.74, 6) is -1.28. The van der Waals surface area contributed by atoms with Crippen molar-refractivity contribution in [2.75, 3.05) is 5.32 Å². The molecule has 2 amide bonds. The molecule has 0 bridgehead atoms. The maximum atomic E-state index is 13.4. The largest absolute Gasteiger partial charge is 0.443 e. The molecular formula is C29H30F3N3O4. The van der Waals surface area contributed by atoms with Gasteiger partial charge in [0.25, 0.3) is 0 Å². The topological polar surface area (TPSA) is 111 Å². The predicted octanol–water partition coefficient (Wildman–Crippen LogP) is 6.27. The van der Waals surface area contributed by atoms with Crippen molar-refractivity contribution in [2.24, 2.45) is 5.73 Å². The first-order chi connectivity index (χ1) is 18.2. The summed E-state index contributed by atoms with van der Waals surface area (Å²) in [6.07, 6.45) is -3.80. The molecule has 0 saturated carbocycles. The molecule has 7 nitrogen and oxygen atoms in total. The molecule has 0 aliphatic carbocycles. The Hall–Kier alpha value is -4.21. The number of amides is 2. The lowest BCUT2D eigenvalue weighted by molar-refractivity contribution is -0.137. The Kier molecular flexibility index (Phi) is 8.78. The summed E-state index contributed by atoms with van der Waals surface area (Å²) in [6, 6.07) is 11.6. The minimum atomic E-state index is -4.66. The van der Waals surface area contributed by atoms with Gasteiger partial charge in [-0.15, -0.1) is 0 Å². The summed E-state index contributed by atoms with van der Waals surface area (Å²) in [5, 5.41) is 2.43. The van der Waals surface area contributed by atoms with Crippen LogP contribution in [0.4, 0.5) is 23.7 Å². The third-order valence-corrected chi connectivity index (χ3v) is 6.03. The van der Waals surface area contributed by atoms with E-state index in [0.29, 0.717) is 5.56 Å². The number of hydrogen-bond acceptors (Lipinski definition) is 5. The standard InChI is InChI=1S/C29H30F3N3O4/c1-5-18-16-34-17(2)11-23(18)19-7-6-8-20(12-19)25(36)14-26(37)35-24-13-22(29(30,31)32)10-9-21(24)15-28(3,4)39-27(33)38/h6-13,16H,5,14-15H2,1-4H3,(H2,33,38)(H,35,37). The van der Waals surface area contributed by atoms with Crippen LogP contribution in [0.5, 0.6) is 0 Å². The summed E-state index contributed by atoms with van der Waals surface area (Å²) in [4.78, 5) is 41.3. The maximum Gasteiger partial charge on any atom is 0.416 e. The molecule has 39 heavy (non-hydrogen) atoms. The number of pyridine rings is 1. The zero-order valence-electron chi connectivity index (χ0n) is 22.1. The number of benzene rings is 2. The number of nitrogens with zero attached hydrogens (tertiary/aromatic N) is 1. The molecule has 3 rings (SSSR count). The van der Waals surface area contributed by atoms with Gasteiger partial charge in [0.05, 0.1) is 12.0 Å². The summed E-state index contributed by atoms with van der Waals surface area (Å²) < 4.78 is 45.2. The molecule has 0 atom stereocenters. The number of Topliss-reactive ketones (excluding diaryl/α,β-unsaturated/α-hetero) is 1. The van der Waals surface area contributed by atoms with Gasteiger partial charge < -0.3 is 15.8 Å². The van der Waals surface area contributed by atoms with Crippen molar-refractivity contribution in [3.05, 3.63) is 82.7 Å². The summed E-state index contributed by atoms with van der Waals surface area (Å²) in [7, 11) is 0. The van der Waals surface area contributed by atoms with Crippen LogP contribution in [-0.2, 0) is 28.5 Å². The smallest absolute Gasteiger partial charge is 0.416 e. The van der Waals surface area contributed by atoms with Gasteiger partial charge in [-0.1, -0.05) is 31.2 Å². The second kappa shape index (κ2) is 11.7. The highest BCUT2D eigenvalue weighted by molar-refractivity contribution is 6.11. The number of rotatable bonds is 9. The maximum absolute atomic E-state index is 13.4. The molecule has 1 heterocycles. The van der Waals surface area contributed by atoms with Crippen molar-refractivity contribution in [2.45, 2.75) is 58.7 Å². The molecule has 0 unspecified atom stereocenters. The van der Waals surface area contributed by atoms with Crippen LogP contribution >= 0.6 is 0 Å². The van der Waals surface area contributed by atoms with E-state index in [4.69, 9.17) is 10.5 Å². The normalized spacial score (nSPS) is 11.7. The number of primary amides is 1. The molecule has 3 N–H and O–H groups in total. The SMILES string of the molecule is CCc1cnc(C)cc1-c1cccc(C(=O)CC(=O)Nc2cc(C(F)(F)F)ccc2CC(C)(C)OC(N)=O)c1. The average Bonchev–Trinajstić information content (AvgIpc) is 2.83. The second-order valence-electron chi connectivity index (χ2n) is 9.79. The number of aryl methyl sites for hydroxylation is 2. The molecular weight excluding hydrogens is 511 g/mol. The quantitative estimate of drug-likeness (QED) is 0.245. The first-order valence-corrected chi connectivity index (χ1v) is 12.3. The number of ether oxygens (including phenoxy) is 1. The highest BCUT2D eigenvalue weighted by Gasteiger charge is 2.32. The third-order valence-electron chi connectivity index (χ3n) is 6.03. The predicted molar refractivity (Wildman–Crippen MR) is 141 cm³/mol.